The summed E-state index contributed by atoms with van der Waals surface area (Å²) >= 11 is 1.65. The van der Waals surface area contributed by atoms with E-state index in [1.54, 1.807) is 24.2 Å². The van der Waals surface area contributed by atoms with Gasteiger partial charge in [0.25, 0.3) is 0 Å². The minimum Gasteiger partial charge on any atom is -0.340 e. The normalized spacial score (nSPS) is 9.36. The molecule has 0 amide bonds. The summed E-state index contributed by atoms with van der Waals surface area (Å²) in [5, 5.41) is 9.17. The van der Waals surface area contributed by atoms with E-state index >= 15 is 0 Å². The molecule has 0 aliphatic carbocycles. The first-order valence-corrected chi connectivity index (χ1v) is 4.41. The number of aromatic amines is 1. The standard InChI is InChI=1S/C7H9N3S/c8-3-1-2-6-11-7-9-4-5-10-7/h4-5H,1-2,6H2,(H,9,10). The van der Waals surface area contributed by atoms with Gasteiger partial charge in [0.05, 0.1) is 6.07 Å². The molecular weight excluding hydrogens is 158 g/mol. The average molecular weight is 167 g/mol. The van der Waals surface area contributed by atoms with Crippen molar-refractivity contribution in [3.05, 3.63) is 12.4 Å². The van der Waals surface area contributed by atoms with Crippen LogP contribution < -0.4 is 0 Å². The predicted octanol–water partition coefficient (Wildman–Crippen LogP) is 1.81. The van der Waals surface area contributed by atoms with Crippen LogP contribution in [0.3, 0.4) is 0 Å². The highest BCUT2D eigenvalue weighted by molar-refractivity contribution is 7.99. The van der Waals surface area contributed by atoms with Gasteiger partial charge in [0, 0.05) is 24.6 Å². The third-order valence-corrected chi connectivity index (χ3v) is 2.13. The van der Waals surface area contributed by atoms with Crippen molar-refractivity contribution in [3.8, 4) is 6.07 Å². The maximum absolute atomic E-state index is 8.24. The van der Waals surface area contributed by atoms with E-state index in [0.717, 1.165) is 17.3 Å². The molecule has 3 nitrogen and oxygen atoms in total. The third kappa shape index (κ3) is 3.10. The second-order valence-electron chi connectivity index (χ2n) is 2.00. The van der Waals surface area contributed by atoms with Crippen molar-refractivity contribution in [1.82, 2.24) is 9.97 Å². The van der Waals surface area contributed by atoms with Crippen molar-refractivity contribution < 1.29 is 0 Å². The third-order valence-electron chi connectivity index (χ3n) is 1.14. The van der Waals surface area contributed by atoms with Gasteiger partial charge >= 0.3 is 0 Å². The molecule has 0 saturated heterocycles. The van der Waals surface area contributed by atoms with Gasteiger partial charge in [-0.05, 0) is 6.42 Å². The monoisotopic (exact) mass is 167 g/mol. The topological polar surface area (TPSA) is 52.5 Å². The largest absolute Gasteiger partial charge is 0.340 e. The van der Waals surface area contributed by atoms with Crippen LogP contribution >= 0.6 is 11.8 Å². The number of nitrogens with zero attached hydrogens (tertiary/aromatic N) is 2. The summed E-state index contributed by atoms with van der Waals surface area (Å²) < 4.78 is 0. The highest BCUT2D eigenvalue weighted by atomic mass is 32.2. The maximum atomic E-state index is 8.24. The number of hydrogen-bond acceptors (Lipinski definition) is 3. The lowest BCUT2D eigenvalue weighted by atomic mass is 10.4. The molecule has 0 aliphatic rings. The molecule has 0 atom stereocenters. The van der Waals surface area contributed by atoms with E-state index in [1.165, 1.54) is 0 Å². The molecule has 0 aromatic carbocycles. The Bertz CT molecular complexity index is 224. The summed E-state index contributed by atoms with van der Waals surface area (Å²) in [5.74, 6) is 0.959. The van der Waals surface area contributed by atoms with Gasteiger partial charge in [0.15, 0.2) is 5.16 Å². The van der Waals surface area contributed by atoms with Crippen molar-refractivity contribution in [2.45, 2.75) is 18.0 Å². The van der Waals surface area contributed by atoms with Crippen molar-refractivity contribution in [2.75, 3.05) is 5.75 Å². The van der Waals surface area contributed by atoms with Gasteiger partial charge in [-0.1, -0.05) is 11.8 Å². The Balaban J connectivity index is 2.10. The van der Waals surface area contributed by atoms with Gasteiger partial charge in [-0.15, -0.1) is 0 Å². The molecule has 0 bridgehead atoms. The first kappa shape index (κ1) is 8.15. The van der Waals surface area contributed by atoms with E-state index in [-0.39, 0.29) is 0 Å². The molecular formula is C7H9N3S. The molecule has 0 spiro atoms. The summed E-state index contributed by atoms with van der Waals surface area (Å²) in [6.45, 7) is 0. The number of H-pyrrole nitrogens is 1. The van der Waals surface area contributed by atoms with Crippen LogP contribution in [-0.4, -0.2) is 15.7 Å². The van der Waals surface area contributed by atoms with Crippen LogP contribution in [0.5, 0.6) is 0 Å². The quantitative estimate of drug-likeness (QED) is 0.549. The van der Waals surface area contributed by atoms with E-state index in [0.29, 0.717) is 6.42 Å². The first-order chi connectivity index (χ1) is 5.43. The zero-order chi connectivity index (χ0) is 7.94. The van der Waals surface area contributed by atoms with Crippen LogP contribution in [0, 0.1) is 11.3 Å². The van der Waals surface area contributed by atoms with Crippen LogP contribution in [-0.2, 0) is 0 Å². The lowest BCUT2D eigenvalue weighted by Gasteiger charge is -1.92. The second-order valence-corrected chi connectivity index (χ2v) is 3.09. The number of unbranched alkanes of at least 4 members (excludes halogenated alkanes) is 1. The van der Waals surface area contributed by atoms with Gasteiger partial charge in [0.1, 0.15) is 0 Å². The summed E-state index contributed by atoms with van der Waals surface area (Å²) in [6.07, 6.45) is 5.09. The Hall–Kier alpha value is -0.950. The number of thioether (sulfide) groups is 1. The Morgan fingerprint density at radius 3 is 3.27 bits per heavy atom. The fraction of sp³-hybridized carbons (Fsp3) is 0.429. The molecule has 1 heterocycles. The van der Waals surface area contributed by atoms with Gasteiger partial charge < -0.3 is 4.98 Å². The Labute approximate surface area is 69.8 Å². The molecule has 0 saturated carbocycles. The Morgan fingerprint density at radius 2 is 2.64 bits per heavy atom. The number of aromatic nitrogens is 2. The summed E-state index contributed by atoms with van der Waals surface area (Å²) in [6, 6.07) is 2.10. The Morgan fingerprint density at radius 1 is 1.73 bits per heavy atom. The predicted molar refractivity (Wildman–Crippen MR) is 44.2 cm³/mol. The zero-order valence-electron chi connectivity index (χ0n) is 6.08. The molecule has 4 heteroatoms. The van der Waals surface area contributed by atoms with Gasteiger partial charge in [0.2, 0.25) is 0 Å². The van der Waals surface area contributed by atoms with Gasteiger partial charge in [-0.2, -0.15) is 5.26 Å². The number of imidazole rings is 1. The molecule has 0 fully saturated rings. The molecule has 0 aliphatic heterocycles. The highest BCUT2D eigenvalue weighted by Gasteiger charge is 1.93. The maximum Gasteiger partial charge on any atom is 0.165 e. The summed E-state index contributed by atoms with van der Waals surface area (Å²) in [5.41, 5.74) is 0. The minimum atomic E-state index is 0.633. The fourth-order valence-corrected chi connectivity index (χ4v) is 1.42. The van der Waals surface area contributed by atoms with Crippen LogP contribution in [0.25, 0.3) is 0 Å². The van der Waals surface area contributed by atoms with Crippen molar-refractivity contribution in [3.63, 3.8) is 0 Å². The van der Waals surface area contributed by atoms with E-state index in [9.17, 15) is 0 Å². The average Bonchev–Trinajstić information content (AvgIpc) is 2.50. The number of nitrogens with one attached hydrogen (secondary N) is 1. The van der Waals surface area contributed by atoms with Crippen LogP contribution in [0.15, 0.2) is 17.6 Å². The first-order valence-electron chi connectivity index (χ1n) is 3.42. The number of hydrogen-bond donors (Lipinski definition) is 1. The Kier molecular flexibility index (Phi) is 3.56. The lowest BCUT2D eigenvalue weighted by Crippen LogP contribution is -1.80. The molecule has 1 N–H and O–H groups in total. The molecule has 11 heavy (non-hydrogen) atoms. The van der Waals surface area contributed by atoms with E-state index < -0.39 is 0 Å². The molecule has 0 unspecified atom stereocenters. The highest BCUT2D eigenvalue weighted by Crippen LogP contribution is 2.12. The molecule has 58 valence electrons. The van der Waals surface area contributed by atoms with Crippen LogP contribution in [0.1, 0.15) is 12.8 Å². The lowest BCUT2D eigenvalue weighted by molar-refractivity contribution is 0.970. The van der Waals surface area contributed by atoms with E-state index in [1.807, 2.05) is 0 Å². The van der Waals surface area contributed by atoms with Gasteiger partial charge in [-0.3, -0.25) is 0 Å². The summed E-state index contributed by atoms with van der Waals surface area (Å²) in [4.78, 5) is 7.02. The molecule has 1 aromatic heterocycles. The van der Waals surface area contributed by atoms with Crippen molar-refractivity contribution >= 4 is 11.8 Å². The van der Waals surface area contributed by atoms with Crippen molar-refractivity contribution in [2.24, 2.45) is 0 Å². The van der Waals surface area contributed by atoms with E-state index in [2.05, 4.69) is 16.0 Å². The van der Waals surface area contributed by atoms with Crippen LogP contribution in [0.4, 0.5) is 0 Å². The van der Waals surface area contributed by atoms with Crippen molar-refractivity contribution in [1.29, 1.82) is 5.26 Å². The van der Waals surface area contributed by atoms with Gasteiger partial charge in [-0.25, -0.2) is 4.98 Å². The minimum absolute atomic E-state index is 0.633. The summed E-state index contributed by atoms with van der Waals surface area (Å²) in [7, 11) is 0. The smallest absolute Gasteiger partial charge is 0.165 e. The molecule has 0 radical (unpaired) electrons. The zero-order valence-corrected chi connectivity index (χ0v) is 6.90. The molecule has 1 aromatic rings. The van der Waals surface area contributed by atoms with E-state index in [4.69, 9.17) is 5.26 Å². The molecule has 1 rings (SSSR count). The van der Waals surface area contributed by atoms with Crippen LogP contribution in [0.2, 0.25) is 0 Å². The SMILES string of the molecule is N#CCCCSc1ncc[nH]1. The second kappa shape index (κ2) is 4.80. The number of rotatable bonds is 4. The fourth-order valence-electron chi connectivity index (χ4n) is 0.650. The number of nitriles is 1.